The molecule has 0 radical (unpaired) electrons. The van der Waals surface area contributed by atoms with Crippen molar-refractivity contribution in [2.75, 3.05) is 0 Å². The molecule has 2 N–H and O–H groups in total. The van der Waals surface area contributed by atoms with Crippen LogP contribution >= 0.6 is 0 Å². The Morgan fingerprint density at radius 3 is 1.82 bits per heavy atom. The summed E-state index contributed by atoms with van der Waals surface area (Å²) in [5.74, 6) is -0.747. The third-order valence-corrected chi connectivity index (χ3v) is 3.58. The van der Waals surface area contributed by atoms with Crippen molar-refractivity contribution in [2.45, 2.75) is 91.9 Å². The van der Waals surface area contributed by atoms with Crippen LogP contribution in [0, 0.1) is 11.8 Å². The van der Waals surface area contributed by atoms with Crippen LogP contribution in [-0.2, 0) is 9.59 Å². The molecule has 22 heavy (non-hydrogen) atoms. The normalized spacial score (nSPS) is 11.7. The molecule has 1 atom stereocenters. The topological polar surface area (TPSA) is 74.6 Å². The van der Waals surface area contributed by atoms with Gasteiger partial charge < -0.3 is 10.2 Å². The highest BCUT2D eigenvalue weighted by atomic mass is 16.4. The average Bonchev–Trinajstić information content (AvgIpc) is 2.43. The van der Waals surface area contributed by atoms with Crippen molar-refractivity contribution in [1.29, 1.82) is 0 Å². The van der Waals surface area contributed by atoms with Crippen LogP contribution in [0.15, 0.2) is 0 Å². The lowest BCUT2D eigenvalue weighted by atomic mass is 10.0. The van der Waals surface area contributed by atoms with Gasteiger partial charge in [0, 0.05) is 6.42 Å². The number of carboxylic acid groups (broad SMARTS) is 2. The Morgan fingerprint density at radius 1 is 0.818 bits per heavy atom. The van der Waals surface area contributed by atoms with Crippen molar-refractivity contribution in [3.8, 4) is 0 Å². The molecule has 0 rings (SSSR count). The molecule has 0 bridgehead atoms. The molecular weight excluding hydrogens is 280 g/mol. The van der Waals surface area contributed by atoms with Gasteiger partial charge in [-0.2, -0.15) is 0 Å². The minimum atomic E-state index is -0.672. The summed E-state index contributed by atoms with van der Waals surface area (Å²) in [6.45, 7) is 8.31. The van der Waals surface area contributed by atoms with E-state index in [0.717, 1.165) is 31.6 Å². The van der Waals surface area contributed by atoms with Gasteiger partial charge in [-0.05, 0) is 18.8 Å². The summed E-state index contributed by atoms with van der Waals surface area (Å²) in [6, 6.07) is 0. The van der Waals surface area contributed by atoms with E-state index in [9.17, 15) is 9.59 Å². The van der Waals surface area contributed by atoms with Crippen molar-refractivity contribution in [3.05, 3.63) is 0 Å². The molecule has 0 aromatic carbocycles. The quantitative estimate of drug-likeness (QED) is 0.476. The summed E-state index contributed by atoms with van der Waals surface area (Å²) in [7, 11) is 0. The molecule has 132 valence electrons. The number of unbranched alkanes of at least 4 members (excludes halogenated alkanes) is 5. The highest BCUT2D eigenvalue weighted by molar-refractivity contribution is 5.69. The van der Waals surface area contributed by atoms with Gasteiger partial charge in [0.05, 0.1) is 5.92 Å². The van der Waals surface area contributed by atoms with E-state index in [1.807, 2.05) is 0 Å². The van der Waals surface area contributed by atoms with Crippen molar-refractivity contribution in [2.24, 2.45) is 11.8 Å². The maximum absolute atomic E-state index is 10.4. The van der Waals surface area contributed by atoms with Crippen LogP contribution in [0.25, 0.3) is 0 Å². The molecule has 1 unspecified atom stereocenters. The molecule has 4 heteroatoms. The fourth-order valence-electron chi connectivity index (χ4n) is 2.01. The molecule has 0 aliphatic heterocycles. The number of aliphatic carboxylic acids is 2. The molecule has 0 fully saturated rings. The van der Waals surface area contributed by atoms with Crippen molar-refractivity contribution in [1.82, 2.24) is 0 Å². The Morgan fingerprint density at radius 2 is 1.36 bits per heavy atom. The second kappa shape index (κ2) is 16.3. The van der Waals surface area contributed by atoms with Gasteiger partial charge in [-0.3, -0.25) is 9.59 Å². The van der Waals surface area contributed by atoms with Gasteiger partial charge in [0.2, 0.25) is 0 Å². The van der Waals surface area contributed by atoms with Gasteiger partial charge in [0.1, 0.15) is 0 Å². The maximum atomic E-state index is 10.4. The van der Waals surface area contributed by atoms with E-state index in [4.69, 9.17) is 10.2 Å². The molecule has 0 saturated carbocycles. The van der Waals surface area contributed by atoms with E-state index in [-0.39, 0.29) is 5.92 Å². The Labute approximate surface area is 136 Å². The third-order valence-electron chi connectivity index (χ3n) is 3.58. The van der Waals surface area contributed by atoms with Gasteiger partial charge in [-0.1, -0.05) is 72.6 Å². The summed E-state index contributed by atoms with van der Waals surface area (Å²) in [5, 5.41) is 16.9. The highest BCUT2D eigenvalue weighted by Crippen LogP contribution is 2.10. The largest absolute Gasteiger partial charge is 0.481 e. The summed E-state index contributed by atoms with van der Waals surface area (Å²) >= 11 is 0. The zero-order chi connectivity index (χ0) is 17.4. The number of carbonyl (C=O) groups is 2. The first kappa shape index (κ1) is 23.2. The predicted molar refractivity (Wildman–Crippen MR) is 91.1 cm³/mol. The maximum Gasteiger partial charge on any atom is 0.306 e. The summed E-state index contributed by atoms with van der Waals surface area (Å²) in [5.41, 5.74) is 0. The minimum Gasteiger partial charge on any atom is -0.481 e. The molecule has 0 aromatic heterocycles. The lowest BCUT2D eigenvalue weighted by molar-refractivity contribution is -0.141. The highest BCUT2D eigenvalue weighted by Gasteiger charge is 2.08. The molecule has 0 saturated heterocycles. The monoisotopic (exact) mass is 316 g/mol. The van der Waals surface area contributed by atoms with Crippen LogP contribution in [0.3, 0.4) is 0 Å². The second-order valence-electron chi connectivity index (χ2n) is 6.48. The van der Waals surface area contributed by atoms with E-state index in [1.54, 1.807) is 6.92 Å². The van der Waals surface area contributed by atoms with E-state index in [0.29, 0.717) is 6.42 Å². The van der Waals surface area contributed by atoms with Gasteiger partial charge in [-0.15, -0.1) is 0 Å². The number of hydrogen-bond acceptors (Lipinski definition) is 2. The first-order chi connectivity index (χ1) is 10.3. The van der Waals surface area contributed by atoms with Crippen LogP contribution in [0.1, 0.15) is 91.9 Å². The van der Waals surface area contributed by atoms with Gasteiger partial charge in [0.15, 0.2) is 0 Å². The van der Waals surface area contributed by atoms with Crippen molar-refractivity contribution in [3.63, 3.8) is 0 Å². The molecule has 0 aromatic rings. The van der Waals surface area contributed by atoms with Crippen LogP contribution in [0.2, 0.25) is 0 Å². The molecule has 0 spiro atoms. The Hall–Kier alpha value is -1.06. The minimum absolute atomic E-state index is 0.160. The lowest BCUT2D eigenvalue weighted by Crippen LogP contribution is -2.08. The zero-order valence-electron chi connectivity index (χ0n) is 14.9. The summed E-state index contributed by atoms with van der Waals surface area (Å²) < 4.78 is 0. The fraction of sp³-hybridized carbons (Fsp3) is 0.889. The van der Waals surface area contributed by atoms with Gasteiger partial charge in [0.25, 0.3) is 0 Å². The Bertz CT molecular complexity index is 274. The van der Waals surface area contributed by atoms with Crippen LogP contribution in [0.5, 0.6) is 0 Å². The van der Waals surface area contributed by atoms with Gasteiger partial charge >= 0.3 is 11.9 Å². The zero-order valence-corrected chi connectivity index (χ0v) is 14.9. The summed E-state index contributed by atoms with van der Waals surface area (Å²) in [4.78, 5) is 20.5. The third kappa shape index (κ3) is 21.2. The second-order valence-corrected chi connectivity index (χ2v) is 6.48. The van der Waals surface area contributed by atoms with E-state index >= 15 is 0 Å². The van der Waals surface area contributed by atoms with E-state index in [2.05, 4.69) is 20.8 Å². The number of hydrogen-bond donors (Lipinski definition) is 2. The molecule has 0 amide bonds. The number of carboxylic acids is 2. The lowest BCUT2D eigenvalue weighted by Gasteiger charge is -2.04. The molecule has 0 heterocycles. The molecular formula is C18H36O4. The first-order valence-corrected chi connectivity index (χ1v) is 8.75. The molecule has 0 aliphatic carbocycles. The average molecular weight is 316 g/mol. The molecule has 4 nitrogen and oxygen atoms in total. The number of rotatable bonds is 12. The van der Waals surface area contributed by atoms with E-state index < -0.39 is 11.9 Å². The van der Waals surface area contributed by atoms with Crippen molar-refractivity contribution < 1.29 is 19.8 Å². The summed E-state index contributed by atoms with van der Waals surface area (Å²) in [6.07, 6.45) is 10.1. The van der Waals surface area contributed by atoms with Crippen molar-refractivity contribution >= 4 is 11.9 Å². The Balaban J connectivity index is 0. The Kier molecular flexibility index (Phi) is 17.2. The van der Waals surface area contributed by atoms with Crippen LogP contribution in [-0.4, -0.2) is 22.2 Å². The van der Waals surface area contributed by atoms with E-state index in [1.165, 1.54) is 32.1 Å². The van der Waals surface area contributed by atoms with Crippen LogP contribution < -0.4 is 0 Å². The van der Waals surface area contributed by atoms with Crippen LogP contribution in [0.4, 0.5) is 0 Å². The fourth-order valence-corrected chi connectivity index (χ4v) is 2.01. The first-order valence-electron chi connectivity index (χ1n) is 8.75. The predicted octanol–water partition coefficient (Wildman–Crippen LogP) is 5.36. The molecule has 0 aliphatic rings. The van der Waals surface area contributed by atoms with Gasteiger partial charge in [-0.25, -0.2) is 0 Å². The SMILES string of the molecule is CC(C)CCCCCC(=O)O.CCCCCCC(C)C(=O)O. The standard InChI is InChI=1S/2C9H18O2/c1-8(2)6-4-3-5-7-9(10)11;1-3-4-5-6-7-8(2)9(10)11/h2*8H,3-7H2,1-2H3,(H,10,11). The smallest absolute Gasteiger partial charge is 0.306 e.